The van der Waals surface area contributed by atoms with Crippen LogP contribution in [0.1, 0.15) is 31.2 Å². The van der Waals surface area contributed by atoms with E-state index < -0.39 is 9.84 Å². The second kappa shape index (κ2) is 5.62. The Bertz CT molecular complexity index is 590. The molecule has 19 heavy (non-hydrogen) atoms. The molecule has 1 aliphatic rings. The molecule has 0 aliphatic heterocycles. The largest absolute Gasteiger partial charge is 0.382 e. The summed E-state index contributed by atoms with van der Waals surface area (Å²) >= 11 is 0. The van der Waals surface area contributed by atoms with E-state index in [2.05, 4.69) is 11.4 Å². The Hall–Kier alpha value is -1.54. The zero-order valence-electron chi connectivity index (χ0n) is 11.0. The minimum absolute atomic E-state index is 0.169. The maximum atomic E-state index is 11.6. The minimum atomic E-state index is -2.96. The summed E-state index contributed by atoms with van der Waals surface area (Å²) in [6.07, 6.45) is 4.62. The molecule has 0 heterocycles. The van der Waals surface area contributed by atoms with Crippen molar-refractivity contribution >= 4 is 15.5 Å². The van der Waals surface area contributed by atoms with Crippen molar-refractivity contribution in [1.29, 1.82) is 5.26 Å². The van der Waals surface area contributed by atoms with E-state index in [0.29, 0.717) is 12.0 Å². The average molecular weight is 278 g/mol. The van der Waals surface area contributed by atoms with Crippen LogP contribution in [-0.4, -0.2) is 26.0 Å². The molecule has 2 atom stereocenters. The molecule has 1 aromatic rings. The van der Waals surface area contributed by atoms with Gasteiger partial charge in [0.15, 0.2) is 0 Å². The van der Waals surface area contributed by atoms with Crippen LogP contribution in [-0.2, 0) is 9.84 Å². The molecule has 1 aliphatic carbocycles. The van der Waals surface area contributed by atoms with Crippen molar-refractivity contribution in [3.63, 3.8) is 0 Å². The zero-order chi connectivity index (χ0) is 13.9. The number of nitriles is 1. The molecular weight excluding hydrogens is 260 g/mol. The first-order valence-electron chi connectivity index (χ1n) is 6.44. The van der Waals surface area contributed by atoms with Crippen molar-refractivity contribution < 1.29 is 8.42 Å². The zero-order valence-corrected chi connectivity index (χ0v) is 11.8. The van der Waals surface area contributed by atoms with Gasteiger partial charge in [0.2, 0.25) is 0 Å². The third-order valence-electron chi connectivity index (χ3n) is 3.59. The van der Waals surface area contributed by atoms with Gasteiger partial charge in [0, 0.05) is 18.0 Å². The average Bonchev–Trinajstić information content (AvgIpc) is 2.38. The Morgan fingerprint density at radius 3 is 2.84 bits per heavy atom. The van der Waals surface area contributed by atoms with E-state index in [-0.39, 0.29) is 11.3 Å². The number of hydrogen-bond acceptors (Lipinski definition) is 4. The Kier molecular flexibility index (Phi) is 4.11. The molecule has 0 amide bonds. The van der Waals surface area contributed by atoms with Crippen LogP contribution in [0.25, 0.3) is 0 Å². The van der Waals surface area contributed by atoms with Gasteiger partial charge in [0.25, 0.3) is 0 Å². The van der Waals surface area contributed by atoms with E-state index in [9.17, 15) is 8.42 Å². The fourth-order valence-corrected chi connectivity index (χ4v) is 3.76. The summed E-state index contributed by atoms with van der Waals surface area (Å²) in [6.45, 7) is 0. The molecule has 5 heteroatoms. The molecule has 102 valence electrons. The lowest BCUT2D eigenvalue weighted by molar-refractivity contribution is 0.453. The van der Waals surface area contributed by atoms with E-state index in [0.717, 1.165) is 24.9 Å². The summed E-state index contributed by atoms with van der Waals surface area (Å²) < 4.78 is 23.2. The first-order valence-corrected chi connectivity index (χ1v) is 8.40. The summed E-state index contributed by atoms with van der Waals surface area (Å²) in [5, 5.41) is 12.0. The lowest BCUT2D eigenvalue weighted by atomic mass is 9.94. The Labute approximate surface area is 114 Å². The van der Waals surface area contributed by atoms with Crippen LogP contribution in [0.2, 0.25) is 0 Å². The van der Waals surface area contributed by atoms with Gasteiger partial charge < -0.3 is 5.32 Å². The van der Waals surface area contributed by atoms with Gasteiger partial charge in [-0.1, -0.05) is 12.5 Å². The minimum Gasteiger partial charge on any atom is -0.382 e. The standard InChI is InChI=1S/C14H18N2O2S/c1-19(17,18)14-7-3-6-13(9-14)16-12-5-2-4-11(8-12)10-15/h2,4-5,8,13-14,16H,3,6-7,9H2,1H3. The van der Waals surface area contributed by atoms with E-state index in [1.165, 1.54) is 6.26 Å². The molecule has 1 fully saturated rings. The number of rotatable bonds is 3. The quantitative estimate of drug-likeness (QED) is 0.921. The van der Waals surface area contributed by atoms with Crippen molar-refractivity contribution in [3.05, 3.63) is 29.8 Å². The van der Waals surface area contributed by atoms with Crippen molar-refractivity contribution in [2.75, 3.05) is 11.6 Å². The third-order valence-corrected chi connectivity index (χ3v) is 5.23. The summed E-state index contributed by atoms with van der Waals surface area (Å²) in [7, 11) is -2.96. The van der Waals surface area contributed by atoms with Crippen LogP contribution in [0.5, 0.6) is 0 Å². The van der Waals surface area contributed by atoms with E-state index in [1.807, 2.05) is 12.1 Å². The molecule has 1 aromatic carbocycles. The van der Waals surface area contributed by atoms with Gasteiger partial charge in [-0.2, -0.15) is 5.26 Å². The lowest BCUT2D eigenvalue weighted by Crippen LogP contribution is -2.34. The number of benzene rings is 1. The second-order valence-corrected chi connectivity index (χ2v) is 7.48. The molecular formula is C14H18N2O2S. The van der Waals surface area contributed by atoms with Crippen molar-refractivity contribution in [3.8, 4) is 6.07 Å². The van der Waals surface area contributed by atoms with Gasteiger partial charge >= 0.3 is 0 Å². The fraction of sp³-hybridized carbons (Fsp3) is 0.500. The van der Waals surface area contributed by atoms with Crippen LogP contribution in [0.4, 0.5) is 5.69 Å². The van der Waals surface area contributed by atoms with Crippen LogP contribution >= 0.6 is 0 Å². The van der Waals surface area contributed by atoms with Gasteiger partial charge in [0.1, 0.15) is 9.84 Å². The predicted molar refractivity (Wildman–Crippen MR) is 75.7 cm³/mol. The molecule has 2 unspecified atom stereocenters. The van der Waals surface area contributed by atoms with Crippen molar-refractivity contribution in [2.24, 2.45) is 0 Å². The molecule has 0 radical (unpaired) electrons. The SMILES string of the molecule is CS(=O)(=O)C1CCCC(Nc2cccc(C#N)c2)C1. The highest BCUT2D eigenvalue weighted by atomic mass is 32.2. The van der Waals surface area contributed by atoms with Crippen molar-refractivity contribution in [2.45, 2.75) is 37.0 Å². The summed E-state index contributed by atoms with van der Waals surface area (Å²) in [5.41, 5.74) is 1.50. The monoisotopic (exact) mass is 278 g/mol. The number of nitrogens with zero attached hydrogens (tertiary/aromatic N) is 1. The molecule has 4 nitrogen and oxygen atoms in total. The Balaban J connectivity index is 2.05. The first kappa shape index (κ1) is 13.9. The highest BCUT2D eigenvalue weighted by Crippen LogP contribution is 2.26. The highest BCUT2D eigenvalue weighted by Gasteiger charge is 2.28. The fourth-order valence-electron chi connectivity index (χ4n) is 2.58. The maximum absolute atomic E-state index is 11.6. The number of hydrogen-bond donors (Lipinski definition) is 1. The van der Waals surface area contributed by atoms with E-state index in [4.69, 9.17) is 5.26 Å². The third kappa shape index (κ3) is 3.71. The molecule has 0 saturated heterocycles. The summed E-state index contributed by atoms with van der Waals surface area (Å²) in [4.78, 5) is 0. The maximum Gasteiger partial charge on any atom is 0.150 e. The van der Waals surface area contributed by atoms with Gasteiger partial charge in [0.05, 0.1) is 16.9 Å². The predicted octanol–water partition coefficient (Wildman–Crippen LogP) is 2.33. The van der Waals surface area contributed by atoms with Crippen LogP contribution in [0.15, 0.2) is 24.3 Å². The van der Waals surface area contributed by atoms with Crippen LogP contribution in [0.3, 0.4) is 0 Å². The number of nitrogens with one attached hydrogen (secondary N) is 1. The van der Waals surface area contributed by atoms with Gasteiger partial charge in [-0.3, -0.25) is 0 Å². The smallest absolute Gasteiger partial charge is 0.150 e. The first-order chi connectivity index (χ1) is 8.99. The molecule has 0 aromatic heterocycles. The van der Waals surface area contributed by atoms with Gasteiger partial charge in [-0.05, 0) is 37.5 Å². The molecule has 0 spiro atoms. The number of sulfone groups is 1. The van der Waals surface area contributed by atoms with Crippen molar-refractivity contribution in [1.82, 2.24) is 0 Å². The molecule has 2 rings (SSSR count). The molecule has 0 bridgehead atoms. The normalized spacial score (nSPS) is 23.6. The van der Waals surface area contributed by atoms with Crippen LogP contribution in [0, 0.1) is 11.3 Å². The Morgan fingerprint density at radius 1 is 1.37 bits per heavy atom. The number of anilines is 1. The lowest BCUT2D eigenvalue weighted by Gasteiger charge is -2.29. The van der Waals surface area contributed by atoms with E-state index >= 15 is 0 Å². The Morgan fingerprint density at radius 2 is 2.16 bits per heavy atom. The molecule has 1 N–H and O–H groups in total. The van der Waals surface area contributed by atoms with Gasteiger partial charge in [-0.15, -0.1) is 0 Å². The molecule has 1 saturated carbocycles. The summed E-state index contributed by atoms with van der Waals surface area (Å²) in [5.74, 6) is 0. The topological polar surface area (TPSA) is 70.0 Å². The highest BCUT2D eigenvalue weighted by molar-refractivity contribution is 7.91. The van der Waals surface area contributed by atoms with E-state index in [1.54, 1.807) is 12.1 Å². The van der Waals surface area contributed by atoms with Crippen LogP contribution < -0.4 is 5.32 Å². The second-order valence-electron chi connectivity index (χ2n) is 5.15. The van der Waals surface area contributed by atoms with Gasteiger partial charge in [-0.25, -0.2) is 8.42 Å². The summed E-state index contributed by atoms with van der Waals surface area (Å²) in [6, 6.07) is 9.56.